The minimum atomic E-state index is 0.256. The summed E-state index contributed by atoms with van der Waals surface area (Å²) in [7, 11) is 0. The maximum absolute atomic E-state index is 11.6. The standard InChI is InChI=1S/C12H16BrNO/c1-9(8-14)5-12(15)7-10-3-2-4-11(13)6-10/h2-4,6,9H,5,7-8,14H2,1H3. The van der Waals surface area contributed by atoms with Crippen molar-refractivity contribution in [1.29, 1.82) is 0 Å². The number of hydrogen-bond donors (Lipinski definition) is 1. The first-order valence-corrected chi connectivity index (χ1v) is 5.87. The fraction of sp³-hybridized carbons (Fsp3) is 0.417. The monoisotopic (exact) mass is 269 g/mol. The van der Waals surface area contributed by atoms with E-state index in [-0.39, 0.29) is 11.7 Å². The molecule has 15 heavy (non-hydrogen) atoms. The van der Waals surface area contributed by atoms with Crippen molar-refractivity contribution in [2.75, 3.05) is 6.54 Å². The highest BCUT2D eigenvalue weighted by atomic mass is 79.9. The minimum Gasteiger partial charge on any atom is -0.330 e. The molecular weight excluding hydrogens is 254 g/mol. The molecule has 3 heteroatoms. The van der Waals surface area contributed by atoms with E-state index in [9.17, 15) is 4.79 Å². The summed E-state index contributed by atoms with van der Waals surface area (Å²) in [5.41, 5.74) is 6.53. The lowest BCUT2D eigenvalue weighted by Gasteiger charge is -2.07. The Bertz CT molecular complexity index is 338. The van der Waals surface area contributed by atoms with E-state index in [1.54, 1.807) is 0 Å². The van der Waals surface area contributed by atoms with E-state index in [1.807, 2.05) is 31.2 Å². The van der Waals surface area contributed by atoms with Crippen molar-refractivity contribution in [1.82, 2.24) is 0 Å². The van der Waals surface area contributed by atoms with Crippen LogP contribution in [0.1, 0.15) is 18.9 Å². The fourth-order valence-electron chi connectivity index (χ4n) is 1.42. The quantitative estimate of drug-likeness (QED) is 0.893. The van der Waals surface area contributed by atoms with E-state index >= 15 is 0 Å². The third kappa shape index (κ3) is 4.58. The highest BCUT2D eigenvalue weighted by molar-refractivity contribution is 9.10. The Morgan fingerprint density at radius 1 is 1.53 bits per heavy atom. The van der Waals surface area contributed by atoms with Crippen molar-refractivity contribution in [3.63, 3.8) is 0 Å². The first kappa shape index (κ1) is 12.4. The van der Waals surface area contributed by atoms with Crippen molar-refractivity contribution >= 4 is 21.7 Å². The van der Waals surface area contributed by atoms with Crippen LogP contribution in [-0.2, 0) is 11.2 Å². The van der Waals surface area contributed by atoms with Gasteiger partial charge in [0.1, 0.15) is 5.78 Å². The Morgan fingerprint density at radius 2 is 2.27 bits per heavy atom. The molecule has 0 radical (unpaired) electrons. The molecule has 1 aromatic rings. The lowest BCUT2D eigenvalue weighted by Crippen LogP contribution is -2.16. The number of ketones is 1. The predicted molar refractivity (Wildman–Crippen MR) is 65.7 cm³/mol. The van der Waals surface area contributed by atoms with E-state index < -0.39 is 0 Å². The van der Waals surface area contributed by atoms with Gasteiger partial charge in [-0.25, -0.2) is 0 Å². The normalized spacial score (nSPS) is 12.5. The smallest absolute Gasteiger partial charge is 0.137 e. The van der Waals surface area contributed by atoms with Gasteiger partial charge in [-0.05, 0) is 30.2 Å². The van der Waals surface area contributed by atoms with Gasteiger partial charge < -0.3 is 5.73 Å². The average Bonchev–Trinajstić information content (AvgIpc) is 2.17. The summed E-state index contributed by atoms with van der Waals surface area (Å²) < 4.78 is 1.01. The first-order valence-electron chi connectivity index (χ1n) is 5.08. The predicted octanol–water partition coefficient (Wildman–Crippen LogP) is 2.55. The number of rotatable bonds is 5. The molecule has 2 nitrogen and oxygen atoms in total. The van der Waals surface area contributed by atoms with Crippen LogP contribution in [0.3, 0.4) is 0 Å². The molecule has 0 spiro atoms. The lowest BCUT2D eigenvalue weighted by molar-refractivity contribution is -0.119. The van der Waals surface area contributed by atoms with E-state index in [0.717, 1.165) is 10.0 Å². The van der Waals surface area contributed by atoms with Crippen molar-refractivity contribution in [2.45, 2.75) is 19.8 Å². The zero-order valence-corrected chi connectivity index (χ0v) is 10.5. The van der Waals surface area contributed by atoms with Crippen LogP contribution in [0.25, 0.3) is 0 Å². The van der Waals surface area contributed by atoms with Crippen molar-refractivity contribution in [3.8, 4) is 0 Å². The lowest BCUT2D eigenvalue weighted by atomic mass is 10.00. The van der Waals surface area contributed by atoms with E-state index in [2.05, 4.69) is 15.9 Å². The first-order chi connectivity index (χ1) is 7.11. The summed E-state index contributed by atoms with van der Waals surface area (Å²) in [5, 5.41) is 0. The molecule has 0 bridgehead atoms. The molecule has 0 aromatic heterocycles. The Hall–Kier alpha value is -0.670. The Kier molecular flexibility index (Phi) is 4.99. The summed E-state index contributed by atoms with van der Waals surface area (Å²) in [5.74, 6) is 0.538. The molecule has 0 aliphatic rings. The molecule has 0 saturated heterocycles. The van der Waals surface area contributed by atoms with Crippen molar-refractivity contribution < 1.29 is 4.79 Å². The molecule has 82 valence electrons. The van der Waals surface area contributed by atoms with Gasteiger partial charge >= 0.3 is 0 Å². The van der Waals surface area contributed by atoms with Crippen LogP contribution in [0.5, 0.6) is 0 Å². The van der Waals surface area contributed by atoms with Gasteiger partial charge in [0.25, 0.3) is 0 Å². The van der Waals surface area contributed by atoms with Gasteiger partial charge in [-0.3, -0.25) is 4.79 Å². The van der Waals surface area contributed by atoms with E-state index in [0.29, 0.717) is 19.4 Å². The molecule has 0 heterocycles. The van der Waals surface area contributed by atoms with Crippen LogP contribution < -0.4 is 5.73 Å². The number of Topliss-reactive ketones (excluding diaryl/α,β-unsaturated/α-hetero) is 1. The zero-order valence-electron chi connectivity index (χ0n) is 8.87. The highest BCUT2D eigenvalue weighted by Gasteiger charge is 2.08. The van der Waals surface area contributed by atoms with Gasteiger partial charge in [0.05, 0.1) is 0 Å². The molecule has 2 N–H and O–H groups in total. The van der Waals surface area contributed by atoms with E-state index in [1.165, 1.54) is 0 Å². The summed E-state index contributed by atoms with van der Waals surface area (Å²) in [6, 6.07) is 7.84. The Labute approximate surface area is 99.0 Å². The van der Waals surface area contributed by atoms with Gasteiger partial charge in [0.15, 0.2) is 0 Å². The second-order valence-electron chi connectivity index (χ2n) is 3.89. The van der Waals surface area contributed by atoms with Crippen LogP contribution in [0.15, 0.2) is 28.7 Å². The van der Waals surface area contributed by atoms with Crippen LogP contribution in [-0.4, -0.2) is 12.3 Å². The molecule has 0 aliphatic heterocycles. The maximum Gasteiger partial charge on any atom is 0.137 e. The Morgan fingerprint density at radius 3 is 2.87 bits per heavy atom. The molecule has 0 fully saturated rings. The fourth-order valence-corrected chi connectivity index (χ4v) is 1.87. The molecule has 1 atom stereocenters. The van der Waals surface area contributed by atoms with Gasteiger partial charge in [-0.15, -0.1) is 0 Å². The number of halogens is 1. The number of nitrogens with two attached hydrogens (primary N) is 1. The third-order valence-electron chi connectivity index (χ3n) is 2.27. The van der Waals surface area contributed by atoms with E-state index in [4.69, 9.17) is 5.73 Å². The molecule has 0 saturated carbocycles. The summed E-state index contributed by atoms with van der Waals surface area (Å²) in [4.78, 5) is 11.6. The molecule has 0 aliphatic carbocycles. The Balaban J connectivity index is 2.51. The highest BCUT2D eigenvalue weighted by Crippen LogP contribution is 2.13. The second-order valence-corrected chi connectivity index (χ2v) is 4.81. The second kappa shape index (κ2) is 6.03. The molecule has 0 amide bonds. The van der Waals surface area contributed by atoms with Crippen LogP contribution in [0.2, 0.25) is 0 Å². The van der Waals surface area contributed by atoms with Gasteiger partial charge in [0.2, 0.25) is 0 Å². The van der Waals surface area contributed by atoms with Crippen LogP contribution >= 0.6 is 15.9 Å². The maximum atomic E-state index is 11.6. The largest absolute Gasteiger partial charge is 0.330 e. The number of benzene rings is 1. The average molecular weight is 270 g/mol. The third-order valence-corrected chi connectivity index (χ3v) is 2.76. The minimum absolute atomic E-state index is 0.256. The van der Waals surface area contributed by atoms with Gasteiger partial charge in [0, 0.05) is 17.3 Å². The molecule has 1 aromatic carbocycles. The summed E-state index contributed by atoms with van der Waals surface area (Å²) >= 11 is 3.39. The topological polar surface area (TPSA) is 43.1 Å². The number of carbonyl (C=O) groups excluding carboxylic acids is 1. The van der Waals surface area contributed by atoms with Crippen molar-refractivity contribution in [2.24, 2.45) is 11.7 Å². The summed E-state index contributed by atoms with van der Waals surface area (Å²) in [6.07, 6.45) is 1.08. The van der Waals surface area contributed by atoms with Crippen LogP contribution in [0, 0.1) is 5.92 Å². The van der Waals surface area contributed by atoms with Crippen molar-refractivity contribution in [3.05, 3.63) is 34.3 Å². The SMILES string of the molecule is CC(CN)CC(=O)Cc1cccc(Br)c1. The van der Waals surface area contributed by atoms with Gasteiger partial charge in [-0.2, -0.15) is 0 Å². The van der Waals surface area contributed by atoms with Crippen LogP contribution in [0.4, 0.5) is 0 Å². The molecule has 1 unspecified atom stereocenters. The summed E-state index contributed by atoms with van der Waals surface area (Å²) in [6.45, 7) is 2.57. The molecular formula is C12H16BrNO. The number of carbonyl (C=O) groups is 1. The number of hydrogen-bond acceptors (Lipinski definition) is 2. The molecule has 1 rings (SSSR count). The zero-order chi connectivity index (χ0) is 11.3. The van der Waals surface area contributed by atoms with Gasteiger partial charge in [-0.1, -0.05) is 35.0 Å².